The van der Waals surface area contributed by atoms with Gasteiger partial charge in [-0.05, 0) is 134 Å². The van der Waals surface area contributed by atoms with Crippen molar-refractivity contribution < 1.29 is 71.4 Å². The van der Waals surface area contributed by atoms with Crippen LogP contribution in [-0.4, -0.2) is 309 Å². The molecule has 145 heavy (non-hydrogen) atoms. The minimum absolute atomic E-state index is 0.00391. The van der Waals surface area contributed by atoms with E-state index < -0.39 is 5.56 Å². The van der Waals surface area contributed by atoms with E-state index in [1.807, 2.05) is 57.2 Å². The predicted octanol–water partition coefficient (Wildman–Crippen LogP) is 12.9. The highest BCUT2D eigenvalue weighted by atomic mass is 35.5. The number of ketones is 3. The van der Waals surface area contributed by atoms with Gasteiger partial charge in [-0.15, -0.1) is 0 Å². The van der Waals surface area contributed by atoms with Crippen LogP contribution in [0.3, 0.4) is 0 Å². The summed E-state index contributed by atoms with van der Waals surface area (Å²) in [5.41, 5.74) is 1.44. The van der Waals surface area contributed by atoms with Crippen molar-refractivity contribution in [2.75, 3.05) is 192 Å². The van der Waals surface area contributed by atoms with Crippen LogP contribution in [0.25, 0.3) is 66.5 Å². The van der Waals surface area contributed by atoms with E-state index in [1.165, 1.54) is 60.9 Å². The van der Waals surface area contributed by atoms with Crippen molar-refractivity contribution in [3.63, 3.8) is 0 Å². The minimum atomic E-state index is -0.410. The molecule has 36 nitrogen and oxygen atoms in total. The summed E-state index contributed by atoms with van der Waals surface area (Å²) in [6, 6.07) is 8.74. The smallest absolute Gasteiger partial charge is 0.298 e. The van der Waals surface area contributed by atoms with Crippen LogP contribution >= 0.6 is 69.6 Å². The van der Waals surface area contributed by atoms with E-state index >= 15 is 0 Å². The Bertz CT molecular complexity index is 6610. The maximum atomic E-state index is 14.6. The molecule has 0 saturated carbocycles. The van der Waals surface area contributed by atoms with Crippen LogP contribution in [0.15, 0.2) is 132 Å². The van der Waals surface area contributed by atoms with Crippen molar-refractivity contribution in [2.24, 2.45) is 29.6 Å². The molecule has 9 aromatic rings. The number of amides is 3. The third-order valence-electron chi connectivity index (χ3n) is 26.4. The number of likely N-dealkylation sites (N-methyl/N-ethyl adjacent to an activating group) is 3. The monoisotopic (exact) mass is 2110 g/mol. The fraction of sp³-hybridized carbons (Fsp3) is 0.447. The first-order valence-corrected chi connectivity index (χ1v) is 49.6. The summed E-state index contributed by atoms with van der Waals surface area (Å²) in [6.07, 6.45) is 19.5. The summed E-state index contributed by atoms with van der Waals surface area (Å²) < 4.78 is 54.7. The van der Waals surface area contributed by atoms with E-state index in [0.29, 0.717) is 211 Å². The second-order valence-corrected chi connectivity index (χ2v) is 38.8. The molecule has 15 rings (SSSR count). The van der Waals surface area contributed by atoms with Crippen molar-refractivity contribution >= 4 is 156 Å². The lowest BCUT2D eigenvalue weighted by Crippen LogP contribution is -2.55. The third-order valence-corrected chi connectivity index (χ3v) is 28.7. The highest BCUT2D eigenvalue weighted by Gasteiger charge is 2.38. The molecule has 8 atom stereocenters. The van der Waals surface area contributed by atoms with E-state index in [4.69, 9.17) is 127 Å². The average Bonchev–Trinajstić information content (AvgIpc) is 1.45. The fourth-order valence-electron chi connectivity index (χ4n) is 18.4. The van der Waals surface area contributed by atoms with Gasteiger partial charge in [0.05, 0.1) is 127 Å². The van der Waals surface area contributed by atoms with Gasteiger partial charge in [-0.1, -0.05) is 107 Å². The molecule has 3 amide bonds. The van der Waals surface area contributed by atoms with Gasteiger partial charge in [0.15, 0.2) is 17.3 Å². The van der Waals surface area contributed by atoms with Gasteiger partial charge < -0.3 is 83.1 Å². The van der Waals surface area contributed by atoms with Crippen LogP contribution in [-0.2, 0) is 62.6 Å². The summed E-state index contributed by atoms with van der Waals surface area (Å²) >= 11 is 40.6. The van der Waals surface area contributed by atoms with Crippen LogP contribution in [0.5, 0.6) is 34.5 Å². The zero-order chi connectivity index (χ0) is 104. The molecule has 12 heterocycles. The number of rotatable bonds is 36. The number of benzene rings is 3. The Kier molecular flexibility index (Phi) is 38.6. The number of pyridine rings is 3. The molecular weight excluding hydrogens is 1990 g/mol. The zero-order valence-electron chi connectivity index (χ0n) is 83.1. The van der Waals surface area contributed by atoms with Crippen molar-refractivity contribution in [1.29, 1.82) is 0 Å². The molecule has 42 heteroatoms. The topological polar surface area (TPSA) is 384 Å². The summed E-state index contributed by atoms with van der Waals surface area (Å²) in [5, 5.41) is 12.7. The van der Waals surface area contributed by atoms with E-state index in [-0.39, 0.29) is 201 Å². The number of aromatic nitrogens is 9. The van der Waals surface area contributed by atoms with Gasteiger partial charge in [-0.2, -0.15) is 15.0 Å². The largest absolute Gasteiger partial charge is 0.495 e. The van der Waals surface area contributed by atoms with Crippen molar-refractivity contribution in [1.82, 2.24) is 73.0 Å². The van der Waals surface area contributed by atoms with Gasteiger partial charge >= 0.3 is 0 Å². The van der Waals surface area contributed by atoms with Crippen LogP contribution in [0.2, 0.25) is 30.1 Å². The van der Waals surface area contributed by atoms with Crippen molar-refractivity contribution in [3.05, 3.63) is 178 Å². The molecule has 6 aliphatic heterocycles. The molecule has 3 N–H and O–H groups in total. The first kappa shape index (κ1) is 110. The molecule has 6 aromatic heterocycles. The number of nitrogens with zero attached hydrogens (tertiary/aromatic N) is 15. The number of allylic oxidation sites excluding steroid dienone is 3. The van der Waals surface area contributed by atoms with Crippen LogP contribution < -0.4 is 61.0 Å². The lowest BCUT2D eigenvalue weighted by Gasteiger charge is -2.39. The number of carbonyl (C=O) groups excluding carboxylic acids is 6. The second-order valence-electron chi connectivity index (χ2n) is 36.6. The average molecular weight is 2110 g/mol. The number of ether oxygens (including phenoxy) is 9. The normalized spacial score (nSPS) is 19.2. The molecule has 2 unspecified atom stereocenters. The molecule has 6 fully saturated rings. The maximum Gasteiger partial charge on any atom is 0.298 e. The number of hydrogen-bond donors (Lipinski definition) is 3. The van der Waals surface area contributed by atoms with Crippen LogP contribution in [0.4, 0.5) is 17.8 Å². The highest BCUT2D eigenvalue weighted by molar-refractivity contribution is 6.43. The number of likely N-dealkylation sites (tertiary alicyclic amines) is 2. The van der Waals surface area contributed by atoms with E-state index in [9.17, 15) is 43.2 Å². The first-order valence-electron chi connectivity index (χ1n) is 47.3. The summed E-state index contributed by atoms with van der Waals surface area (Å²) in [4.78, 5) is 158. The number of nitrogens with one attached hydrogen (secondary N) is 3. The fourth-order valence-corrected chi connectivity index (χ4v) is 20.5. The standard InChI is InChI=1S/C35H42Cl2N6O6.C34H40Cl2N6O6.C34H38Cl2N6O6/c1-6-24(44)14-22-10-13-49-20-26(22)39-35-38-17-23-15-25(30-31(36)27(47-4)16-28(48-5)32(30)37)34(46)43(33(23)40-35)19-21-9-12-42(18-21)29(45)8-7-11-41(2)3;1-6-23(43)12-21-9-11-48-19-25(21)38-34-37-15-22-13-24(29-30(35)26(46-4)14-27(47-5)31(29)36)33(45)42(32(22)39-34)18-20-16-41(17-20)28(44)8-7-10-40(2)3;1-6-8-28(44)41-11-10-40(3)22(17-41)18-42-32-21(14-24(33(42)45)29-30(35)26(46-4)15-27(47-5)31(29)36)16-37-34(39-32)38-25-19-48-12-9-20(25)13-23(43)7-2/h6-8,15-17,21-22,26H,1,9-14,18-20H2,2-5H3,(H,38,39,40);6-8,13-15,20-21,25H,1,9-12,16-19H2,2-5H3,(H,37,38,39);7,14-16,20,22,25H,2,9-13,17-19H2,1,3-5H3,(H,37,38,39)/b2*8-7+;/t21?,22-,26-;21-,25-;20-,22?,25-/m111/s1. The molecule has 0 bridgehead atoms. The Morgan fingerprint density at radius 3 is 1.11 bits per heavy atom. The third kappa shape index (κ3) is 26.3. The number of anilines is 3. The lowest BCUT2D eigenvalue weighted by atomic mass is 9.90. The predicted molar refractivity (Wildman–Crippen MR) is 562 cm³/mol. The molecular formula is C103H120Cl6N18O18. The van der Waals surface area contributed by atoms with E-state index in [0.717, 1.165) is 0 Å². The number of carbonyl (C=O) groups is 6. The first-order chi connectivity index (χ1) is 69.7. The van der Waals surface area contributed by atoms with E-state index in [2.05, 4.69) is 67.4 Å². The van der Waals surface area contributed by atoms with Gasteiger partial charge in [-0.3, -0.25) is 61.8 Å². The molecule has 6 aliphatic rings. The van der Waals surface area contributed by atoms with E-state index in [1.54, 1.807) is 102 Å². The maximum absolute atomic E-state index is 14.6. The Labute approximate surface area is 870 Å². The summed E-state index contributed by atoms with van der Waals surface area (Å²) in [6.45, 7) is 20.7. The molecule has 772 valence electrons. The number of methoxy groups -OCH3 is 6. The number of piperazine rings is 1. The Hall–Kier alpha value is -12.1. The number of hydrogen-bond acceptors (Lipinski definition) is 30. The van der Waals surface area contributed by atoms with Gasteiger partial charge in [0, 0.05) is 211 Å². The number of fused-ring (bicyclic) bond motifs is 3. The molecule has 0 spiro atoms. The Balaban J connectivity index is 0.000000182. The van der Waals surface area contributed by atoms with Gasteiger partial charge in [0.25, 0.3) is 22.6 Å². The quantitative estimate of drug-likeness (QED) is 0.0242. The second kappa shape index (κ2) is 50.8. The summed E-state index contributed by atoms with van der Waals surface area (Å²) in [5.74, 6) is 7.35. The molecule has 0 radical (unpaired) electrons. The lowest BCUT2D eigenvalue weighted by molar-refractivity contribution is -0.132. The van der Waals surface area contributed by atoms with Crippen LogP contribution in [0, 0.1) is 41.4 Å². The minimum Gasteiger partial charge on any atom is -0.495 e. The molecule has 0 aliphatic carbocycles. The van der Waals surface area contributed by atoms with Gasteiger partial charge in [-0.25, -0.2) is 15.0 Å². The Morgan fingerprint density at radius 2 is 0.779 bits per heavy atom. The Morgan fingerprint density at radius 1 is 0.448 bits per heavy atom. The molecule has 6 saturated heterocycles. The van der Waals surface area contributed by atoms with Crippen LogP contribution in [0.1, 0.15) is 51.9 Å². The van der Waals surface area contributed by atoms with Gasteiger partial charge in [0.2, 0.25) is 29.7 Å². The highest BCUT2D eigenvalue weighted by Crippen LogP contribution is 2.49. The zero-order valence-corrected chi connectivity index (χ0v) is 87.6. The van der Waals surface area contributed by atoms with Gasteiger partial charge in [0.1, 0.15) is 51.4 Å². The molecule has 3 aromatic carbocycles. The van der Waals surface area contributed by atoms with Crippen molar-refractivity contribution in [3.8, 4) is 79.7 Å². The SMILES string of the molecule is C=CC(=O)C[C@H]1CCOC[C@H]1Nc1ncc2cc(-c3c(Cl)c(OC)cc(OC)c3Cl)c(=O)n(CC3CCN(C(=O)/C=C/CN(C)C)C3)c2n1.C=CC(=O)C[C@H]1CCOC[C@H]1Nc1ncc2cc(-c3c(Cl)c(OC)cc(OC)c3Cl)c(=O)n(CC3CN(C(=O)/C=C/CN(C)C)C3)c2n1.C=CC(=O)C[C@H]1CCOC[C@H]1Nc1ncc2cc(-c3c(Cl)c(OC)cc(OC)c3Cl)c(=O)n(CC3CN(C(=O)C#CC)CCN3C)c2n1. The number of halogens is 6. The van der Waals surface area contributed by atoms with Crippen molar-refractivity contribution in [2.45, 2.75) is 95.7 Å². The summed E-state index contributed by atoms with van der Waals surface area (Å²) in [7, 11) is 18.5.